The van der Waals surface area contributed by atoms with Crippen molar-refractivity contribution in [3.05, 3.63) is 61.8 Å². The van der Waals surface area contributed by atoms with Gasteiger partial charge in [0.05, 0.1) is 27.9 Å². The number of fused-ring (bicyclic) bond motifs is 1. The zero-order chi connectivity index (χ0) is 25.7. The van der Waals surface area contributed by atoms with E-state index >= 15 is 0 Å². The molecule has 1 atom stereocenters. The molecule has 0 fully saturated rings. The summed E-state index contributed by atoms with van der Waals surface area (Å²) in [4.78, 5) is 33.7. The first-order valence-electron chi connectivity index (χ1n) is 11.9. The summed E-state index contributed by atoms with van der Waals surface area (Å²) in [7, 11) is 0. The minimum atomic E-state index is -0.367. The van der Waals surface area contributed by atoms with Gasteiger partial charge in [-0.3, -0.25) is 9.59 Å². The maximum atomic E-state index is 13.5. The summed E-state index contributed by atoms with van der Waals surface area (Å²) < 4.78 is 1.80. The Morgan fingerprint density at radius 1 is 1.34 bits per heavy atom. The van der Waals surface area contributed by atoms with E-state index < -0.39 is 0 Å². The first-order valence-corrected chi connectivity index (χ1v) is 12.3. The van der Waals surface area contributed by atoms with E-state index in [-0.39, 0.29) is 35.6 Å². The Morgan fingerprint density at radius 2 is 2.06 bits per heavy atom. The van der Waals surface area contributed by atoms with Crippen LogP contribution in [0.25, 0.3) is 16.6 Å². The van der Waals surface area contributed by atoms with Gasteiger partial charge in [-0.15, -0.1) is 0 Å². The van der Waals surface area contributed by atoms with Gasteiger partial charge in [-0.1, -0.05) is 17.7 Å². The highest BCUT2D eigenvalue weighted by Gasteiger charge is 2.31. The van der Waals surface area contributed by atoms with E-state index in [1.807, 2.05) is 33.8 Å². The number of hydrogen-bond acceptors (Lipinski definition) is 5. The standard InChI is InChI=1S/C26H33ClN6O2/c1-13(2)33-23-19(12-29-33)20(25(35)28-11-18-14(3)8-15(4)30-24(18)34)21(27)22(31-23)17-9-16(5)32-26(6,7)10-17/h8-9,12-13,16,32H,10-11H2,1-7H3,(H,28,35)(H,30,34). The third-order valence-corrected chi connectivity index (χ3v) is 6.69. The molecular formula is C26H33ClN6O2. The second-order valence-electron chi connectivity index (χ2n) is 10.4. The number of nitrogens with zero attached hydrogens (tertiary/aromatic N) is 3. The van der Waals surface area contributed by atoms with Crippen molar-refractivity contribution < 1.29 is 4.79 Å². The smallest absolute Gasteiger partial charge is 0.253 e. The molecule has 3 aromatic heterocycles. The van der Waals surface area contributed by atoms with Crippen LogP contribution in [0.2, 0.25) is 5.02 Å². The summed E-state index contributed by atoms with van der Waals surface area (Å²) >= 11 is 6.92. The van der Waals surface area contributed by atoms with Crippen molar-refractivity contribution in [2.24, 2.45) is 0 Å². The molecule has 0 aromatic carbocycles. The quantitative estimate of drug-likeness (QED) is 0.484. The molecule has 0 spiro atoms. The lowest BCUT2D eigenvalue weighted by atomic mass is 9.87. The van der Waals surface area contributed by atoms with Crippen LogP contribution in [-0.4, -0.2) is 37.2 Å². The van der Waals surface area contributed by atoms with E-state index in [1.54, 1.807) is 10.9 Å². The van der Waals surface area contributed by atoms with Crippen molar-refractivity contribution in [1.29, 1.82) is 0 Å². The fraction of sp³-hybridized carbons (Fsp3) is 0.462. The van der Waals surface area contributed by atoms with Gasteiger partial charge in [0.15, 0.2) is 5.65 Å². The zero-order valence-corrected chi connectivity index (χ0v) is 22.1. The monoisotopic (exact) mass is 496 g/mol. The second-order valence-corrected chi connectivity index (χ2v) is 10.8. The summed E-state index contributed by atoms with van der Waals surface area (Å²) in [6, 6.07) is 2.07. The van der Waals surface area contributed by atoms with Gasteiger partial charge in [0, 0.05) is 35.4 Å². The molecule has 1 aliphatic heterocycles. The number of rotatable bonds is 5. The van der Waals surface area contributed by atoms with E-state index in [4.69, 9.17) is 16.6 Å². The number of nitrogens with one attached hydrogen (secondary N) is 3. The lowest BCUT2D eigenvalue weighted by Crippen LogP contribution is -2.47. The van der Waals surface area contributed by atoms with Gasteiger partial charge in [0.1, 0.15) is 0 Å². The molecule has 9 heteroatoms. The topological polar surface area (TPSA) is 105 Å². The minimum absolute atomic E-state index is 0.0519. The molecule has 0 aliphatic carbocycles. The molecular weight excluding hydrogens is 464 g/mol. The zero-order valence-electron chi connectivity index (χ0n) is 21.3. The fourth-order valence-corrected chi connectivity index (χ4v) is 5.27. The lowest BCUT2D eigenvalue weighted by molar-refractivity contribution is 0.0952. The molecule has 3 aromatic rings. The average molecular weight is 497 g/mol. The largest absolute Gasteiger partial charge is 0.348 e. The highest BCUT2D eigenvalue weighted by molar-refractivity contribution is 6.37. The van der Waals surface area contributed by atoms with Crippen molar-refractivity contribution >= 4 is 34.1 Å². The summed E-state index contributed by atoms with van der Waals surface area (Å²) in [5.74, 6) is -0.367. The van der Waals surface area contributed by atoms with Crippen molar-refractivity contribution in [2.75, 3.05) is 0 Å². The van der Waals surface area contributed by atoms with Crippen LogP contribution >= 0.6 is 11.6 Å². The van der Waals surface area contributed by atoms with E-state index in [0.717, 1.165) is 16.8 Å². The predicted molar refractivity (Wildman–Crippen MR) is 140 cm³/mol. The van der Waals surface area contributed by atoms with Crippen LogP contribution in [0.3, 0.4) is 0 Å². The van der Waals surface area contributed by atoms with Crippen molar-refractivity contribution in [2.45, 2.75) is 79.1 Å². The first-order chi connectivity index (χ1) is 16.4. The molecule has 0 radical (unpaired) electrons. The van der Waals surface area contributed by atoms with Crippen LogP contribution in [0, 0.1) is 13.8 Å². The Hall–Kier alpha value is -2.97. The number of H-pyrrole nitrogens is 1. The van der Waals surface area contributed by atoms with Gasteiger partial charge in [-0.25, -0.2) is 9.67 Å². The van der Waals surface area contributed by atoms with Gasteiger partial charge in [0.2, 0.25) is 0 Å². The number of amides is 1. The maximum absolute atomic E-state index is 13.5. The van der Waals surface area contributed by atoms with Crippen molar-refractivity contribution in [3.63, 3.8) is 0 Å². The van der Waals surface area contributed by atoms with E-state index in [9.17, 15) is 9.59 Å². The molecule has 0 saturated heterocycles. The van der Waals surface area contributed by atoms with Crippen LogP contribution in [0.4, 0.5) is 0 Å². The summed E-state index contributed by atoms with van der Waals surface area (Å²) in [6.45, 7) is 14.2. The molecule has 0 saturated carbocycles. The number of pyridine rings is 2. The Morgan fingerprint density at radius 3 is 2.69 bits per heavy atom. The molecule has 1 aliphatic rings. The van der Waals surface area contributed by atoms with Crippen molar-refractivity contribution in [3.8, 4) is 0 Å². The molecule has 4 rings (SSSR count). The van der Waals surface area contributed by atoms with Crippen LogP contribution in [0.5, 0.6) is 0 Å². The van der Waals surface area contributed by atoms with Gasteiger partial charge in [-0.2, -0.15) is 5.10 Å². The Labute approximate surface area is 210 Å². The SMILES string of the molecule is Cc1cc(C)c(CNC(=O)c2c(Cl)c(C3=CC(C)NC(C)(C)C3)nc3c2cnn3C(C)C)c(=O)[nH]1. The summed E-state index contributed by atoms with van der Waals surface area (Å²) in [5.41, 5.74) is 4.28. The molecule has 1 amide bonds. The molecule has 8 nitrogen and oxygen atoms in total. The molecule has 4 heterocycles. The third-order valence-electron chi connectivity index (χ3n) is 6.33. The second kappa shape index (κ2) is 9.24. The Bertz CT molecular complexity index is 1400. The van der Waals surface area contributed by atoms with Gasteiger partial charge in [-0.05, 0) is 72.1 Å². The molecule has 186 valence electrons. The van der Waals surface area contributed by atoms with E-state index in [1.165, 1.54) is 0 Å². The van der Waals surface area contributed by atoms with Crippen LogP contribution in [-0.2, 0) is 6.54 Å². The number of carbonyl (C=O) groups is 1. The molecule has 3 N–H and O–H groups in total. The summed E-state index contributed by atoms with van der Waals surface area (Å²) in [6.07, 6.45) is 4.46. The summed E-state index contributed by atoms with van der Waals surface area (Å²) in [5, 5.41) is 11.8. The van der Waals surface area contributed by atoms with Gasteiger partial charge >= 0.3 is 0 Å². The Balaban J connectivity index is 1.82. The highest BCUT2D eigenvalue weighted by atomic mass is 35.5. The van der Waals surface area contributed by atoms with Gasteiger partial charge < -0.3 is 15.6 Å². The number of halogens is 1. The number of aromatic amines is 1. The van der Waals surface area contributed by atoms with E-state index in [2.05, 4.69) is 47.6 Å². The van der Waals surface area contributed by atoms with Crippen LogP contribution in [0.1, 0.15) is 80.0 Å². The van der Waals surface area contributed by atoms with E-state index in [0.29, 0.717) is 39.3 Å². The Kier molecular flexibility index (Phi) is 6.64. The number of carbonyl (C=O) groups excluding carboxylic acids is 1. The third kappa shape index (κ3) is 4.90. The minimum Gasteiger partial charge on any atom is -0.348 e. The highest BCUT2D eigenvalue weighted by Crippen LogP contribution is 2.37. The van der Waals surface area contributed by atoms with Crippen LogP contribution < -0.4 is 16.2 Å². The number of aromatic nitrogens is 4. The number of hydrogen-bond donors (Lipinski definition) is 3. The lowest BCUT2D eigenvalue weighted by Gasteiger charge is -2.35. The van der Waals surface area contributed by atoms with Crippen molar-refractivity contribution in [1.82, 2.24) is 30.4 Å². The molecule has 35 heavy (non-hydrogen) atoms. The molecule has 1 unspecified atom stereocenters. The molecule has 0 bridgehead atoms. The van der Waals surface area contributed by atoms with Crippen LogP contribution in [0.15, 0.2) is 23.1 Å². The normalized spacial score (nSPS) is 17.6. The predicted octanol–water partition coefficient (Wildman–Crippen LogP) is 4.44. The first kappa shape index (κ1) is 25.1. The van der Waals surface area contributed by atoms with Gasteiger partial charge in [0.25, 0.3) is 11.5 Å². The number of aryl methyl sites for hydroxylation is 2. The maximum Gasteiger partial charge on any atom is 0.253 e. The average Bonchev–Trinajstić information content (AvgIpc) is 3.14. The fourth-order valence-electron chi connectivity index (χ4n) is 4.91.